The number of hydrogen-bond donors (Lipinski definition) is 3. The van der Waals surface area contributed by atoms with Crippen LogP contribution in [0, 0.1) is 0 Å². The molecular formula is C21H35IN4OS. The smallest absolute Gasteiger partial charge is 0.191 e. The Balaban J connectivity index is 0.00000392. The second-order valence-electron chi connectivity index (χ2n) is 7.13. The Hall–Kier alpha value is -0.900. The Kier molecular flexibility index (Phi) is 12.0. The van der Waals surface area contributed by atoms with Crippen molar-refractivity contribution in [2.75, 3.05) is 33.2 Å². The van der Waals surface area contributed by atoms with Gasteiger partial charge in [-0.15, -0.1) is 35.3 Å². The predicted molar refractivity (Wildman–Crippen MR) is 133 cm³/mol. The summed E-state index contributed by atoms with van der Waals surface area (Å²) in [5.41, 5.74) is 0. The highest BCUT2D eigenvalue weighted by Crippen LogP contribution is 2.29. The van der Waals surface area contributed by atoms with E-state index in [4.69, 9.17) is 0 Å². The van der Waals surface area contributed by atoms with Gasteiger partial charge in [-0.3, -0.25) is 4.99 Å². The number of unbranched alkanes of at least 4 members (excludes halogenated alkanes) is 1. The molecule has 1 aromatic heterocycles. The summed E-state index contributed by atoms with van der Waals surface area (Å²) in [4.78, 5) is 7.89. The van der Waals surface area contributed by atoms with Gasteiger partial charge in [-0.2, -0.15) is 0 Å². The number of rotatable bonds is 10. The molecule has 5 nitrogen and oxygen atoms in total. The molecule has 0 fully saturated rings. The van der Waals surface area contributed by atoms with Crippen LogP contribution in [0.2, 0.25) is 0 Å². The van der Waals surface area contributed by atoms with Gasteiger partial charge in [-0.1, -0.05) is 18.2 Å². The van der Waals surface area contributed by atoms with Gasteiger partial charge >= 0.3 is 0 Å². The SMILES string of the molecule is CCNC(=NCC(O)c1cc2ccccc2s1)NCCCCN(C)C(C)C.I. The quantitative estimate of drug-likeness (QED) is 0.191. The lowest BCUT2D eigenvalue weighted by Gasteiger charge is -2.20. The maximum atomic E-state index is 10.5. The molecule has 0 aliphatic heterocycles. The van der Waals surface area contributed by atoms with Crippen LogP contribution in [0.25, 0.3) is 10.1 Å². The summed E-state index contributed by atoms with van der Waals surface area (Å²) >= 11 is 1.64. The molecule has 0 saturated heterocycles. The Bertz CT molecular complexity index is 686. The highest BCUT2D eigenvalue weighted by atomic mass is 127. The van der Waals surface area contributed by atoms with Crippen molar-refractivity contribution in [3.05, 3.63) is 35.2 Å². The van der Waals surface area contributed by atoms with Crippen LogP contribution in [-0.2, 0) is 0 Å². The molecule has 0 saturated carbocycles. The van der Waals surface area contributed by atoms with E-state index in [9.17, 15) is 5.11 Å². The predicted octanol–water partition coefficient (Wildman–Crippen LogP) is 4.23. The maximum Gasteiger partial charge on any atom is 0.191 e. The normalized spacial score (nSPS) is 13.0. The zero-order chi connectivity index (χ0) is 19.6. The Morgan fingerprint density at radius 2 is 1.96 bits per heavy atom. The third-order valence-corrected chi connectivity index (χ3v) is 5.87. The standard InChI is InChI=1S/C21H34N4OS.HI/c1-5-22-21(23-12-8-9-13-25(4)16(2)3)24-15-18(26)20-14-17-10-6-7-11-19(17)27-20;/h6-7,10-11,14,16,18,26H,5,8-9,12-13,15H2,1-4H3,(H2,22,23,24);1H. The van der Waals surface area contributed by atoms with Crippen molar-refractivity contribution in [3.8, 4) is 0 Å². The summed E-state index contributed by atoms with van der Waals surface area (Å²) in [7, 11) is 2.17. The van der Waals surface area contributed by atoms with Crippen molar-refractivity contribution in [3.63, 3.8) is 0 Å². The third kappa shape index (κ3) is 8.23. The first-order valence-corrected chi connectivity index (χ1v) is 10.7. The number of aliphatic hydroxyl groups excluding tert-OH is 1. The summed E-state index contributed by atoms with van der Waals surface area (Å²) < 4.78 is 1.20. The molecule has 1 unspecified atom stereocenters. The summed E-state index contributed by atoms with van der Waals surface area (Å²) in [6.45, 7) is 9.65. The summed E-state index contributed by atoms with van der Waals surface area (Å²) in [6, 6.07) is 10.9. The van der Waals surface area contributed by atoms with Gasteiger partial charge in [-0.05, 0) is 64.7 Å². The van der Waals surface area contributed by atoms with E-state index in [-0.39, 0.29) is 24.0 Å². The largest absolute Gasteiger partial charge is 0.386 e. The van der Waals surface area contributed by atoms with Gasteiger partial charge in [0.05, 0.1) is 6.54 Å². The molecule has 2 rings (SSSR count). The topological polar surface area (TPSA) is 59.9 Å². The fraction of sp³-hybridized carbons (Fsp3) is 0.571. The monoisotopic (exact) mass is 518 g/mol. The number of benzene rings is 1. The second kappa shape index (κ2) is 13.3. The minimum absolute atomic E-state index is 0. The van der Waals surface area contributed by atoms with Gasteiger partial charge in [0, 0.05) is 28.7 Å². The fourth-order valence-electron chi connectivity index (χ4n) is 2.73. The molecule has 0 spiro atoms. The van der Waals surface area contributed by atoms with Crippen molar-refractivity contribution in [1.82, 2.24) is 15.5 Å². The number of aliphatic hydroxyl groups is 1. The minimum atomic E-state index is -0.572. The van der Waals surface area contributed by atoms with E-state index >= 15 is 0 Å². The van der Waals surface area contributed by atoms with Gasteiger partial charge in [0.1, 0.15) is 6.10 Å². The first kappa shape index (κ1) is 25.1. The van der Waals surface area contributed by atoms with Crippen molar-refractivity contribution >= 4 is 51.4 Å². The van der Waals surface area contributed by atoms with Gasteiger partial charge in [-0.25, -0.2) is 0 Å². The summed E-state index contributed by atoms with van der Waals surface area (Å²) in [6.07, 6.45) is 1.68. The number of thiophene rings is 1. The molecule has 1 heterocycles. The van der Waals surface area contributed by atoms with Gasteiger partial charge < -0.3 is 20.6 Å². The first-order chi connectivity index (χ1) is 13.0. The molecular weight excluding hydrogens is 483 g/mol. The molecule has 0 bridgehead atoms. The van der Waals surface area contributed by atoms with Crippen LogP contribution in [0.1, 0.15) is 44.6 Å². The Morgan fingerprint density at radius 1 is 1.21 bits per heavy atom. The van der Waals surface area contributed by atoms with Crippen LogP contribution < -0.4 is 10.6 Å². The van der Waals surface area contributed by atoms with Gasteiger partial charge in [0.15, 0.2) is 5.96 Å². The average molecular weight is 519 g/mol. The third-order valence-electron chi connectivity index (χ3n) is 4.65. The van der Waals surface area contributed by atoms with Gasteiger partial charge in [0.2, 0.25) is 0 Å². The first-order valence-electron chi connectivity index (χ1n) is 9.90. The molecule has 1 atom stereocenters. The average Bonchev–Trinajstić information content (AvgIpc) is 3.09. The fourth-order valence-corrected chi connectivity index (χ4v) is 3.77. The number of aliphatic imine (C=N–C) groups is 1. The molecule has 28 heavy (non-hydrogen) atoms. The van der Waals surface area contributed by atoms with Crippen molar-refractivity contribution in [2.45, 2.75) is 45.8 Å². The second-order valence-corrected chi connectivity index (χ2v) is 8.25. The molecule has 158 valence electrons. The van der Waals surface area contributed by atoms with E-state index in [0.717, 1.165) is 43.3 Å². The van der Waals surface area contributed by atoms with E-state index in [1.165, 1.54) is 10.1 Å². The molecule has 0 aliphatic rings. The molecule has 7 heteroatoms. The van der Waals surface area contributed by atoms with Crippen LogP contribution in [0.4, 0.5) is 0 Å². The highest BCUT2D eigenvalue weighted by molar-refractivity contribution is 14.0. The van der Waals surface area contributed by atoms with E-state index in [2.05, 4.69) is 66.5 Å². The van der Waals surface area contributed by atoms with Gasteiger partial charge in [0.25, 0.3) is 0 Å². The number of nitrogens with one attached hydrogen (secondary N) is 2. The molecule has 0 radical (unpaired) electrons. The zero-order valence-electron chi connectivity index (χ0n) is 17.4. The van der Waals surface area contributed by atoms with Crippen LogP contribution >= 0.6 is 35.3 Å². The molecule has 0 amide bonds. The van der Waals surface area contributed by atoms with Crippen molar-refractivity contribution in [1.29, 1.82) is 0 Å². The lowest BCUT2D eigenvalue weighted by molar-refractivity contribution is 0.191. The van der Waals surface area contributed by atoms with E-state index in [1.54, 1.807) is 11.3 Å². The van der Waals surface area contributed by atoms with Crippen LogP contribution in [0.5, 0.6) is 0 Å². The number of nitrogens with zero attached hydrogens (tertiary/aromatic N) is 2. The molecule has 0 aliphatic carbocycles. The van der Waals surface area contributed by atoms with Crippen LogP contribution in [0.3, 0.4) is 0 Å². The number of fused-ring (bicyclic) bond motifs is 1. The summed E-state index contributed by atoms with van der Waals surface area (Å²) in [5.74, 6) is 0.773. The Morgan fingerprint density at radius 3 is 2.64 bits per heavy atom. The highest BCUT2D eigenvalue weighted by Gasteiger charge is 2.11. The lowest BCUT2D eigenvalue weighted by atomic mass is 10.2. The van der Waals surface area contributed by atoms with Crippen LogP contribution in [-0.4, -0.2) is 55.2 Å². The maximum absolute atomic E-state index is 10.5. The number of guanidine groups is 1. The molecule has 3 N–H and O–H groups in total. The number of halogens is 1. The van der Waals surface area contributed by atoms with Crippen molar-refractivity contribution in [2.24, 2.45) is 4.99 Å². The Labute approximate surface area is 190 Å². The molecule has 1 aromatic carbocycles. The van der Waals surface area contributed by atoms with E-state index in [0.29, 0.717) is 12.6 Å². The van der Waals surface area contributed by atoms with E-state index in [1.807, 2.05) is 12.1 Å². The van der Waals surface area contributed by atoms with Crippen LogP contribution in [0.15, 0.2) is 35.3 Å². The minimum Gasteiger partial charge on any atom is -0.386 e. The van der Waals surface area contributed by atoms with Crippen molar-refractivity contribution < 1.29 is 5.11 Å². The zero-order valence-corrected chi connectivity index (χ0v) is 20.6. The molecule has 2 aromatic rings. The lowest BCUT2D eigenvalue weighted by Crippen LogP contribution is -2.38. The number of hydrogen-bond acceptors (Lipinski definition) is 4. The van der Waals surface area contributed by atoms with E-state index < -0.39 is 6.10 Å². The summed E-state index contributed by atoms with van der Waals surface area (Å²) in [5, 5.41) is 18.3.